The predicted molar refractivity (Wildman–Crippen MR) is 111 cm³/mol. The molecule has 6 nitrogen and oxygen atoms in total. The number of aliphatic hydroxyl groups is 2. The molecule has 152 valence electrons. The third kappa shape index (κ3) is 5.28. The fraction of sp³-hybridized carbons (Fsp3) is 0.273. The lowest BCUT2D eigenvalue weighted by molar-refractivity contribution is 0.0711. The lowest BCUT2D eigenvalue weighted by atomic mass is 9.96. The molecule has 0 unspecified atom stereocenters. The Labute approximate surface area is 169 Å². The highest BCUT2D eigenvalue weighted by Gasteiger charge is 2.25. The molecule has 1 heterocycles. The van der Waals surface area contributed by atoms with Crippen LogP contribution < -0.4 is 10.6 Å². The number of anilines is 2. The van der Waals surface area contributed by atoms with E-state index in [1.54, 1.807) is 26.0 Å². The van der Waals surface area contributed by atoms with Crippen molar-refractivity contribution in [2.24, 2.45) is 0 Å². The minimum absolute atomic E-state index is 0.0296. The zero-order chi connectivity index (χ0) is 20.9. The Bertz CT molecular complexity index is 934. The molecule has 0 amide bonds. The molecule has 3 rings (SSSR count). The molecule has 0 fully saturated rings. The standard InChI is InChI=1S/C22H25FN4O2/c1-21(28,16-9-5-3-6-10-16)14-25-19-18(23)13-24-20(27-19)26-15-22(2,29)17-11-7-4-8-12-17/h3-13,28-29H,14-15H2,1-2H3,(H2,24,25,26,27)/t21-,22-/m0/s1. The number of halogens is 1. The summed E-state index contributed by atoms with van der Waals surface area (Å²) in [6.07, 6.45) is 1.05. The van der Waals surface area contributed by atoms with Crippen LogP contribution in [-0.4, -0.2) is 33.3 Å². The first-order valence-corrected chi connectivity index (χ1v) is 9.34. The van der Waals surface area contributed by atoms with Gasteiger partial charge in [0.15, 0.2) is 11.6 Å². The molecule has 2 aromatic carbocycles. The highest BCUT2D eigenvalue weighted by molar-refractivity contribution is 5.42. The Morgan fingerprint density at radius 3 is 1.83 bits per heavy atom. The molecule has 0 aliphatic carbocycles. The van der Waals surface area contributed by atoms with Crippen LogP contribution in [0.1, 0.15) is 25.0 Å². The van der Waals surface area contributed by atoms with Crippen LogP contribution in [0.5, 0.6) is 0 Å². The summed E-state index contributed by atoms with van der Waals surface area (Å²) in [5.41, 5.74) is -0.904. The summed E-state index contributed by atoms with van der Waals surface area (Å²) in [6.45, 7) is 3.52. The van der Waals surface area contributed by atoms with Crippen molar-refractivity contribution >= 4 is 11.8 Å². The van der Waals surface area contributed by atoms with E-state index in [4.69, 9.17) is 0 Å². The molecule has 1 aromatic heterocycles. The summed E-state index contributed by atoms with van der Waals surface area (Å²) in [4.78, 5) is 8.06. The van der Waals surface area contributed by atoms with Gasteiger partial charge in [-0.1, -0.05) is 60.7 Å². The molecule has 2 atom stereocenters. The Morgan fingerprint density at radius 1 is 0.828 bits per heavy atom. The van der Waals surface area contributed by atoms with Gasteiger partial charge in [0.05, 0.1) is 12.7 Å². The third-order valence-electron chi connectivity index (χ3n) is 4.73. The van der Waals surface area contributed by atoms with E-state index in [9.17, 15) is 14.6 Å². The van der Waals surface area contributed by atoms with Gasteiger partial charge in [0.25, 0.3) is 0 Å². The van der Waals surface area contributed by atoms with E-state index in [1.165, 1.54) is 0 Å². The van der Waals surface area contributed by atoms with Crippen LogP contribution in [0.3, 0.4) is 0 Å². The monoisotopic (exact) mass is 396 g/mol. The highest BCUT2D eigenvalue weighted by atomic mass is 19.1. The van der Waals surface area contributed by atoms with E-state index < -0.39 is 17.0 Å². The van der Waals surface area contributed by atoms with E-state index in [0.29, 0.717) is 5.56 Å². The second-order valence-electron chi connectivity index (χ2n) is 7.38. The topological polar surface area (TPSA) is 90.3 Å². The number of aromatic nitrogens is 2. The van der Waals surface area contributed by atoms with Gasteiger partial charge >= 0.3 is 0 Å². The van der Waals surface area contributed by atoms with Gasteiger partial charge in [-0.25, -0.2) is 9.37 Å². The fourth-order valence-corrected chi connectivity index (χ4v) is 2.88. The van der Waals surface area contributed by atoms with Crippen molar-refractivity contribution in [3.63, 3.8) is 0 Å². The van der Waals surface area contributed by atoms with Gasteiger partial charge in [-0.2, -0.15) is 4.98 Å². The maximum Gasteiger partial charge on any atom is 0.224 e. The smallest absolute Gasteiger partial charge is 0.224 e. The molecule has 3 aromatic rings. The predicted octanol–water partition coefficient (Wildman–Crippen LogP) is 3.25. The summed E-state index contributed by atoms with van der Waals surface area (Å²) in [5.74, 6) is -0.489. The van der Waals surface area contributed by atoms with E-state index in [2.05, 4.69) is 20.6 Å². The van der Waals surface area contributed by atoms with Crippen LogP contribution in [0.2, 0.25) is 0 Å². The average Bonchev–Trinajstić information content (AvgIpc) is 2.73. The molecular weight excluding hydrogens is 371 g/mol. The van der Waals surface area contributed by atoms with E-state index in [-0.39, 0.29) is 24.9 Å². The van der Waals surface area contributed by atoms with Crippen molar-refractivity contribution < 1.29 is 14.6 Å². The van der Waals surface area contributed by atoms with Gasteiger partial charge < -0.3 is 20.8 Å². The van der Waals surface area contributed by atoms with Crippen LogP contribution in [0.15, 0.2) is 66.9 Å². The summed E-state index contributed by atoms with van der Waals surface area (Å²) >= 11 is 0. The first kappa shape index (κ1) is 20.7. The van der Waals surface area contributed by atoms with Crippen LogP contribution in [-0.2, 0) is 11.2 Å². The van der Waals surface area contributed by atoms with Gasteiger partial charge in [-0.15, -0.1) is 0 Å². The maximum absolute atomic E-state index is 14.1. The molecular formula is C22H25FN4O2. The zero-order valence-electron chi connectivity index (χ0n) is 16.4. The van der Waals surface area contributed by atoms with Crippen molar-refractivity contribution in [1.29, 1.82) is 0 Å². The van der Waals surface area contributed by atoms with E-state index in [0.717, 1.165) is 11.8 Å². The van der Waals surface area contributed by atoms with E-state index in [1.807, 2.05) is 48.5 Å². The fourth-order valence-electron chi connectivity index (χ4n) is 2.88. The number of rotatable bonds is 8. The quantitative estimate of drug-likeness (QED) is 0.467. The number of nitrogens with one attached hydrogen (secondary N) is 2. The van der Waals surface area contributed by atoms with Crippen molar-refractivity contribution in [2.75, 3.05) is 23.7 Å². The van der Waals surface area contributed by atoms with Crippen molar-refractivity contribution in [2.45, 2.75) is 25.0 Å². The molecule has 0 saturated carbocycles. The number of benzene rings is 2. The first-order chi connectivity index (χ1) is 13.8. The second kappa shape index (κ2) is 8.55. The summed E-state index contributed by atoms with van der Waals surface area (Å²) in [6, 6.07) is 18.3. The summed E-state index contributed by atoms with van der Waals surface area (Å²) < 4.78 is 14.1. The van der Waals surface area contributed by atoms with Gasteiger partial charge in [0, 0.05) is 6.54 Å². The molecule has 0 aliphatic heterocycles. The van der Waals surface area contributed by atoms with E-state index >= 15 is 0 Å². The summed E-state index contributed by atoms with van der Waals surface area (Å²) in [5, 5.41) is 27.1. The molecule has 0 radical (unpaired) electrons. The SMILES string of the molecule is C[C@](O)(CNc1ncc(F)c(NC[C@](C)(O)c2ccccc2)n1)c1ccccc1. The van der Waals surface area contributed by atoms with Gasteiger partial charge in [0.2, 0.25) is 5.95 Å². The molecule has 4 N–H and O–H groups in total. The van der Waals surface area contributed by atoms with Crippen molar-refractivity contribution in [3.8, 4) is 0 Å². The Hall–Kier alpha value is -3.03. The average molecular weight is 396 g/mol. The minimum atomic E-state index is -1.21. The van der Waals surface area contributed by atoms with Gasteiger partial charge in [-0.05, 0) is 25.0 Å². The number of hydrogen-bond acceptors (Lipinski definition) is 6. The summed E-state index contributed by atoms with van der Waals surface area (Å²) in [7, 11) is 0. The molecule has 0 bridgehead atoms. The molecule has 29 heavy (non-hydrogen) atoms. The van der Waals surface area contributed by atoms with Crippen LogP contribution in [0.25, 0.3) is 0 Å². The minimum Gasteiger partial charge on any atom is -0.384 e. The molecule has 0 aliphatic rings. The lowest BCUT2D eigenvalue weighted by Crippen LogP contribution is -2.32. The normalized spacial score (nSPS) is 15.2. The van der Waals surface area contributed by atoms with Crippen LogP contribution in [0.4, 0.5) is 16.2 Å². The molecule has 0 spiro atoms. The highest BCUT2D eigenvalue weighted by Crippen LogP contribution is 2.23. The molecule has 7 heteroatoms. The lowest BCUT2D eigenvalue weighted by Gasteiger charge is -2.25. The Morgan fingerprint density at radius 2 is 1.31 bits per heavy atom. The van der Waals surface area contributed by atoms with Gasteiger partial charge in [0.1, 0.15) is 11.2 Å². The maximum atomic E-state index is 14.1. The number of nitrogens with zero attached hydrogens (tertiary/aromatic N) is 2. The second-order valence-corrected chi connectivity index (χ2v) is 7.38. The Balaban J connectivity index is 1.67. The number of hydrogen-bond donors (Lipinski definition) is 4. The van der Waals surface area contributed by atoms with Crippen molar-refractivity contribution in [1.82, 2.24) is 9.97 Å². The molecule has 0 saturated heterocycles. The van der Waals surface area contributed by atoms with Gasteiger partial charge in [-0.3, -0.25) is 0 Å². The zero-order valence-corrected chi connectivity index (χ0v) is 16.4. The largest absolute Gasteiger partial charge is 0.384 e. The van der Waals surface area contributed by atoms with Crippen molar-refractivity contribution in [3.05, 3.63) is 83.8 Å². The Kier molecular flexibility index (Phi) is 6.10. The van der Waals surface area contributed by atoms with Crippen LogP contribution >= 0.6 is 0 Å². The van der Waals surface area contributed by atoms with Crippen LogP contribution in [0, 0.1) is 5.82 Å². The first-order valence-electron chi connectivity index (χ1n) is 9.34. The third-order valence-corrected chi connectivity index (χ3v) is 4.73.